The largest absolute Gasteiger partial charge is 0.273 e. The van der Waals surface area contributed by atoms with Gasteiger partial charge in [-0.3, -0.25) is 9.83 Å². The average Bonchev–Trinajstić information content (AvgIpc) is 2.79. The molecule has 1 heterocycles. The third-order valence-corrected chi connectivity index (χ3v) is 2.37. The van der Waals surface area contributed by atoms with E-state index in [1.165, 1.54) is 5.56 Å². The fraction of sp³-hybridized carbons (Fsp3) is 0.417. The molecule has 80 valence electrons. The Morgan fingerprint density at radius 2 is 2.13 bits per heavy atom. The molecule has 3 heteroatoms. The van der Waals surface area contributed by atoms with Crippen LogP contribution in [0.4, 0.5) is 0 Å². The minimum atomic E-state index is 0.765. The number of benzene rings is 1. The van der Waals surface area contributed by atoms with Crippen LogP contribution >= 0.6 is 0 Å². The third-order valence-electron chi connectivity index (χ3n) is 2.37. The molecule has 1 aliphatic rings. The van der Waals surface area contributed by atoms with Crippen LogP contribution in [0.25, 0.3) is 0 Å². The zero-order valence-electron chi connectivity index (χ0n) is 8.80. The van der Waals surface area contributed by atoms with E-state index in [-0.39, 0.29) is 0 Å². The van der Waals surface area contributed by atoms with Crippen LogP contribution in [0.15, 0.2) is 35.3 Å². The van der Waals surface area contributed by atoms with Gasteiger partial charge < -0.3 is 0 Å². The molecule has 0 bridgehead atoms. The molecule has 0 unspecified atom stereocenters. The number of hydroxylamine groups is 2. The fourth-order valence-corrected chi connectivity index (χ4v) is 1.56. The molecule has 0 saturated heterocycles. The highest BCUT2D eigenvalue weighted by atomic mass is 16.7. The number of hydrogen-bond donors (Lipinski definition) is 0. The molecule has 0 saturated carbocycles. The normalized spacial score (nSPS) is 14.8. The van der Waals surface area contributed by atoms with Crippen molar-refractivity contribution < 1.29 is 4.84 Å². The second-order valence-electron chi connectivity index (χ2n) is 3.58. The molecule has 0 aromatic heterocycles. The van der Waals surface area contributed by atoms with Gasteiger partial charge in [0.1, 0.15) is 6.34 Å². The van der Waals surface area contributed by atoms with Crippen molar-refractivity contribution in [3.8, 4) is 0 Å². The standard InChI is InChI=1S/C12H16N2O/c1-2-5-12(6-3-1)7-4-10-15-14-9-8-13-11-14/h1-3,5-6,11H,4,7-10H2. The maximum absolute atomic E-state index is 5.51. The lowest BCUT2D eigenvalue weighted by Crippen LogP contribution is -2.20. The first-order valence-corrected chi connectivity index (χ1v) is 5.38. The Kier molecular flexibility index (Phi) is 3.74. The second-order valence-corrected chi connectivity index (χ2v) is 3.58. The Balaban J connectivity index is 1.61. The van der Waals surface area contributed by atoms with E-state index in [1.807, 2.05) is 11.1 Å². The van der Waals surface area contributed by atoms with E-state index in [0.29, 0.717) is 0 Å². The highest BCUT2D eigenvalue weighted by Crippen LogP contribution is 2.03. The van der Waals surface area contributed by atoms with Gasteiger partial charge in [0.2, 0.25) is 0 Å². The molecule has 2 rings (SSSR count). The highest BCUT2D eigenvalue weighted by Gasteiger charge is 2.04. The molecule has 0 fully saturated rings. The van der Waals surface area contributed by atoms with E-state index in [1.54, 1.807) is 6.34 Å². The van der Waals surface area contributed by atoms with Crippen molar-refractivity contribution in [2.24, 2.45) is 4.99 Å². The first-order valence-electron chi connectivity index (χ1n) is 5.38. The lowest BCUT2D eigenvalue weighted by molar-refractivity contribution is -0.0874. The summed E-state index contributed by atoms with van der Waals surface area (Å²) in [4.78, 5) is 9.59. The van der Waals surface area contributed by atoms with Crippen molar-refractivity contribution in [3.63, 3.8) is 0 Å². The Hall–Kier alpha value is -1.35. The molecule has 15 heavy (non-hydrogen) atoms. The lowest BCUT2D eigenvalue weighted by Gasteiger charge is -2.13. The Morgan fingerprint density at radius 1 is 1.27 bits per heavy atom. The molecule has 0 amide bonds. The number of aliphatic imine (C=N–C) groups is 1. The molecule has 0 spiro atoms. The van der Waals surface area contributed by atoms with Crippen molar-refractivity contribution in [3.05, 3.63) is 35.9 Å². The topological polar surface area (TPSA) is 24.8 Å². The Morgan fingerprint density at radius 3 is 2.87 bits per heavy atom. The van der Waals surface area contributed by atoms with Crippen LogP contribution < -0.4 is 0 Å². The predicted octanol–water partition coefficient (Wildman–Crippen LogP) is 1.89. The first-order chi connectivity index (χ1) is 7.45. The van der Waals surface area contributed by atoms with Crippen LogP contribution in [0.3, 0.4) is 0 Å². The van der Waals surface area contributed by atoms with Gasteiger partial charge in [-0.1, -0.05) is 30.3 Å². The van der Waals surface area contributed by atoms with Crippen LogP contribution in [-0.2, 0) is 11.3 Å². The third kappa shape index (κ3) is 3.36. The van der Waals surface area contributed by atoms with Crippen LogP contribution in [0.1, 0.15) is 12.0 Å². The zero-order chi connectivity index (χ0) is 10.3. The summed E-state index contributed by atoms with van der Waals surface area (Å²) >= 11 is 0. The van der Waals surface area contributed by atoms with Crippen LogP contribution in [0.5, 0.6) is 0 Å². The smallest absolute Gasteiger partial charge is 0.110 e. The fourth-order valence-electron chi connectivity index (χ4n) is 1.56. The summed E-state index contributed by atoms with van der Waals surface area (Å²) in [5.41, 5.74) is 1.37. The average molecular weight is 204 g/mol. The molecule has 0 radical (unpaired) electrons. The van der Waals surface area contributed by atoms with E-state index in [9.17, 15) is 0 Å². The summed E-state index contributed by atoms with van der Waals surface area (Å²) in [5.74, 6) is 0. The van der Waals surface area contributed by atoms with Crippen LogP contribution in [0.2, 0.25) is 0 Å². The van der Waals surface area contributed by atoms with Crippen molar-refractivity contribution in [2.45, 2.75) is 12.8 Å². The van der Waals surface area contributed by atoms with Crippen LogP contribution in [-0.4, -0.2) is 31.1 Å². The van der Waals surface area contributed by atoms with Gasteiger partial charge in [0.25, 0.3) is 0 Å². The maximum Gasteiger partial charge on any atom is 0.110 e. The molecule has 0 aliphatic carbocycles. The quantitative estimate of drug-likeness (QED) is 0.684. The summed E-state index contributed by atoms with van der Waals surface area (Å²) in [5, 5.41) is 1.81. The van der Waals surface area contributed by atoms with Crippen molar-refractivity contribution in [1.82, 2.24) is 5.06 Å². The molecule has 0 N–H and O–H groups in total. The molecule has 1 aromatic carbocycles. The minimum absolute atomic E-state index is 0.765. The van der Waals surface area contributed by atoms with Gasteiger partial charge in [-0.2, -0.15) is 0 Å². The van der Waals surface area contributed by atoms with E-state index in [2.05, 4.69) is 29.3 Å². The monoisotopic (exact) mass is 204 g/mol. The van der Waals surface area contributed by atoms with Gasteiger partial charge in [-0.15, -0.1) is 0 Å². The lowest BCUT2D eigenvalue weighted by atomic mass is 10.1. The molecule has 0 atom stereocenters. The Bertz CT molecular complexity index is 311. The summed E-state index contributed by atoms with van der Waals surface area (Å²) in [6, 6.07) is 10.5. The van der Waals surface area contributed by atoms with Gasteiger partial charge in [0.15, 0.2) is 0 Å². The van der Waals surface area contributed by atoms with Gasteiger partial charge in [-0.05, 0) is 18.4 Å². The summed E-state index contributed by atoms with van der Waals surface area (Å²) in [6.07, 6.45) is 3.89. The van der Waals surface area contributed by atoms with E-state index in [4.69, 9.17) is 4.84 Å². The summed E-state index contributed by atoms with van der Waals surface area (Å²) in [6.45, 7) is 2.52. The minimum Gasteiger partial charge on any atom is -0.273 e. The zero-order valence-corrected chi connectivity index (χ0v) is 8.80. The van der Waals surface area contributed by atoms with Crippen molar-refractivity contribution in [1.29, 1.82) is 0 Å². The highest BCUT2D eigenvalue weighted by molar-refractivity contribution is 5.55. The summed E-state index contributed by atoms with van der Waals surface area (Å²) < 4.78 is 0. The van der Waals surface area contributed by atoms with Crippen LogP contribution in [0, 0.1) is 0 Å². The number of aryl methyl sites for hydroxylation is 1. The van der Waals surface area contributed by atoms with Gasteiger partial charge in [0.05, 0.1) is 19.7 Å². The number of nitrogens with zero attached hydrogens (tertiary/aromatic N) is 2. The van der Waals surface area contributed by atoms with E-state index < -0.39 is 0 Å². The Labute approximate surface area is 90.3 Å². The number of hydrogen-bond acceptors (Lipinski definition) is 3. The first kappa shape index (κ1) is 10.2. The van der Waals surface area contributed by atoms with Gasteiger partial charge in [-0.25, -0.2) is 5.06 Å². The molecule has 3 nitrogen and oxygen atoms in total. The maximum atomic E-state index is 5.51. The van der Waals surface area contributed by atoms with Gasteiger partial charge >= 0.3 is 0 Å². The van der Waals surface area contributed by atoms with Crippen molar-refractivity contribution >= 4 is 6.34 Å². The van der Waals surface area contributed by atoms with E-state index in [0.717, 1.165) is 32.5 Å². The van der Waals surface area contributed by atoms with Gasteiger partial charge in [0, 0.05) is 0 Å². The molecule has 1 aromatic rings. The van der Waals surface area contributed by atoms with E-state index >= 15 is 0 Å². The molecule has 1 aliphatic heterocycles. The molecular weight excluding hydrogens is 188 g/mol. The SMILES string of the molecule is C1=NCCN1OCCCc1ccccc1. The summed E-state index contributed by atoms with van der Waals surface area (Å²) in [7, 11) is 0. The van der Waals surface area contributed by atoms with Crippen molar-refractivity contribution in [2.75, 3.05) is 19.7 Å². The predicted molar refractivity (Wildman–Crippen MR) is 60.8 cm³/mol. The number of rotatable bonds is 5. The molecular formula is C12H16N2O. The second kappa shape index (κ2) is 5.51.